The molecule has 0 radical (unpaired) electrons. The van der Waals surface area contributed by atoms with E-state index in [2.05, 4.69) is 0 Å². The van der Waals surface area contributed by atoms with E-state index in [9.17, 15) is 9.59 Å². The minimum Gasteiger partial charge on any atom is -0.497 e. The summed E-state index contributed by atoms with van der Waals surface area (Å²) in [5, 5.41) is 0. The minimum absolute atomic E-state index is 0.115. The number of hydrogen-bond acceptors (Lipinski definition) is 8. The van der Waals surface area contributed by atoms with Crippen molar-refractivity contribution in [1.29, 1.82) is 0 Å². The number of carbonyl (C=O) groups excluding carboxylic acids is 2. The number of Topliss-reactive ketones (excluding diaryl/α,β-unsaturated/α-hetero) is 1. The lowest BCUT2D eigenvalue weighted by Gasteiger charge is -2.13. The van der Waals surface area contributed by atoms with Crippen molar-refractivity contribution in [3.63, 3.8) is 0 Å². The van der Waals surface area contributed by atoms with E-state index < -0.39 is 5.97 Å². The molecule has 0 spiro atoms. The highest BCUT2D eigenvalue weighted by Crippen LogP contribution is 2.39. The Kier molecular flexibility index (Phi) is 6.64. The van der Waals surface area contributed by atoms with Crippen LogP contribution in [0.3, 0.4) is 0 Å². The van der Waals surface area contributed by atoms with Crippen LogP contribution in [0.1, 0.15) is 31.8 Å². The summed E-state index contributed by atoms with van der Waals surface area (Å²) >= 11 is 0. The van der Waals surface area contributed by atoms with Crippen molar-refractivity contribution < 1.29 is 38.0 Å². The van der Waals surface area contributed by atoms with Gasteiger partial charge < -0.3 is 28.4 Å². The van der Waals surface area contributed by atoms with Crippen molar-refractivity contribution in [2.45, 2.75) is 6.92 Å². The van der Waals surface area contributed by atoms with Crippen LogP contribution in [0.4, 0.5) is 0 Å². The summed E-state index contributed by atoms with van der Waals surface area (Å²) in [7, 11) is 6.00. The van der Waals surface area contributed by atoms with Gasteiger partial charge in [-0.05, 0) is 55.0 Å². The Morgan fingerprint density at radius 1 is 0.829 bits per heavy atom. The predicted molar refractivity (Wildman–Crippen MR) is 128 cm³/mol. The second-order valence-corrected chi connectivity index (χ2v) is 7.59. The third kappa shape index (κ3) is 4.50. The molecule has 1 heterocycles. The number of benzene rings is 3. The molecular weight excluding hydrogens is 452 g/mol. The van der Waals surface area contributed by atoms with Gasteiger partial charge in [0.05, 0.1) is 34.0 Å². The molecule has 35 heavy (non-hydrogen) atoms. The summed E-state index contributed by atoms with van der Waals surface area (Å²) in [6.07, 6.45) is 1.59. The Hall–Kier alpha value is -4.46. The number of rotatable bonds is 7. The molecule has 8 heteroatoms. The zero-order valence-electron chi connectivity index (χ0n) is 20.0. The number of carbonyl (C=O) groups is 2. The lowest BCUT2D eigenvalue weighted by atomic mass is 10.0. The van der Waals surface area contributed by atoms with Crippen molar-refractivity contribution in [3.05, 3.63) is 76.5 Å². The van der Waals surface area contributed by atoms with Crippen LogP contribution >= 0.6 is 0 Å². The van der Waals surface area contributed by atoms with Crippen LogP contribution in [0.25, 0.3) is 6.08 Å². The molecule has 0 bridgehead atoms. The number of aryl methyl sites for hydroxylation is 1. The van der Waals surface area contributed by atoms with Gasteiger partial charge in [-0.1, -0.05) is 6.07 Å². The third-order valence-corrected chi connectivity index (χ3v) is 5.51. The van der Waals surface area contributed by atoms with E-state index in [0.717, 1.165) is 0 Å². The van der Waals surface area contributed by atoms with Crippen molar-refractivity contribution in [2.24, 2.45) is 0 Å². The van der Waals surface area contributed by atoms with Gasteiger partial charge in [0.15, 0.2) is 5.76 Å². The summed E-state index contributed by atoms with van der Waals surface area (Å²) < 4.78 is 32.7. The molecule has 0 N–H and O–H groups in total. The van der Waals surface area contributed by atoms with Crippen LogP contribution in [-0.4, -0.2) is 40.2 Å². The van der Waals surface area contributed by atoms with Gasteiger partial charge in [0.1, 0.15) is 40.1 Å². The third-order valence-electron chi connectivity index (χ3n) is 5.51. The van der Waals surface area contributed by atoms with Crippen molar-refractivity contribution in [3.8, 4) is 34.5 Å². The number of fused-ring (bicyclic) bond motifs is 1. The molecule has 1 aliphatic heterocycles. The van der Waals surface area contributed by atoms with E-state index in [1.54, 1.807) is 62.6 Å². The molecule has 3 aromatic carbocycles. The Labute approximate surface area is 202 Å². The molecule has 0 aliphatic carbocycles. The first-order valence-electron chi connectivity index (χ1n) is 10.6. The summed E-state index contributed by atoms with van der Waals surface area (Å²) in [6.45, 7) is 1.75. The lowest BCUT2D eigenvalue weighted by molar-refractivity contribution is 0.0727. The van der Waals surface area contributed by atoms with Crippen LogP contribution in [0.5, 0.6) is 34.5 Å². The Morgan fingerprint density at radius 2 is 1.51 bits per heavy atom. The van der Waals surface area contributed by atoms with Gasteiger partial charge in [-0.3, -0.25) is 4.79 Å². The van der Waals surface area contributed by atoms with Crippen molar-refractivity contribution >= 4 is 17.8 Å². The summed E-state index contributed by atoms with van der Waals surface area (Å²) in [6, 6.07) is 13.3. The zero-order valence-corrected chi connectivity index (χ0v) is 20.0. The Bertz CT molecular complexity index is 1320. The van der Waals surface area contributed by atoms with E-state index in [0.29, 0.717) is 39.7 Å². The highest BCUT2D eigenvalue weighted by atomic mass is 16.5. The first kappa shape index (κ1) is 23.7. The van der Waals surface area contributed by atoms with Crippen LogP contribution < -0.4 is 28.4 Å². The molecule has 0 atom stereocenters. The van der Waals surface area contributed by atoms with Gasteiger partial charge in [0.25, 0.3) is 0 Å². The number of allylic oxidation sites excluding steroid dienone is 1. The number of methoxy groups -OCH3 is 4. The smallest absolute Gasteiger partial charge is 0.351 e. The van der Waals surface area contributed by atoms with E-state index in [4.69, 9.17) is 28.4 Å². The standard InChI is InChI=1S/C27H24O8/c1-15-11-18(34-27(29)25-20(32-4)7-6-8-21(25)33-5)14-22-24(15)26(28)23(35-22)13-16-12-17(30-2)9-10-19(16)31-3/h6-14H,1-5H3/b23-13-. The first-order valence-corrected chi connectivity index (χ1v) is 10.6. The van der Waals surface area contributed by atoms with Crippen LogP contribution in [-0.2, 0) is 0 Å². The second kappa shape index (κ2) is 9.80. The summed E-state index contributed by atoms with van der Waals surface area (Å²) in [4.78, 5) is 26.1. The molecule has 0 fully saturated rings. The molecule has 8 nitrogen and oxygen atoms in total. The zero-order chi connectivity index (χ0) is 25.1. The van der Waals surface area contributed by atoms with Gasteiger partial charge in [0.2, 0.25) is 5.78 Å². The topological polar surface area (TPSA) is 89.5 Å². The molecule has 0 saturated carbocycles. The quantitative estimate of drug-likeness (QED) is 0.271. The largest absolute Gasteiger partial charge is 0.497 e. The Balaban J connectivity index is 1.66. The van der Waals surface area contributed by atoms with Crippen LogP contribution in [0, 0.1) is 6.92 Å². The maximum atomic E-state index is 13.1. The molecular formula is C27H24O8. The normalized spacial score (nSPS) is 13.2. The van der Waals surface area contributed by atoms with Gasteiger partial charge in [0, 0.05) is 11.6 Å². The van der Waals surface area contributed by atoms with E-state index in [-0.39, 0.29) is 28.6 Å². The monoisotopic (exact) mass is 476 g/mol. The fourth-order valence-corrected chi connectivity index (χ4v) is 3.84. The highest BCUT2D eigenvalue weighted by molar-refractivity contribution is 6.15. The number of ketones is 1. The van der Waals surface area contributed by atoms with Gasteiger partial charge in [-0.15, -0.1) is 0 Å². The molecule has 0 saturated heterocycles. The maximum Gasteiger partial charge on any atom is 0.351 e. The van der Waals surface area contributed by atoms with Gasteiger partial charge >= 0.3 is 5.97 Å². The molecule has 3 aromatic rings. The molecule has 4 rings (SSSR count). The van der Waals surface area contributed by atoms with Crippen LogP contribution in [0.2, 0.25) is 0 Å². The Morgan fingerprint density at radius 3 is 2.14 bits per heavy atom. The highest BCUT2D eigenvalue weighted by Gasteiger charge is 2.31. The number of hydrogen-bond donors (Lipinski definition) is 0. The minimum atomic E-state index is -0.667. The first-order chi connectivity index (χ1) is 16.9. The average molecular weight is 476 g/mol. The summed E-state index contributed by atoms with van der Waals surface area (Å²) in [5.74, 6) is 1.47. The molecule has 0 unspecified atom stereocenters. The fourth-order valence-electron chi connectivity index (χ4n) is 3.84. The van der Waals surface area contributed by atoms with Crippen LogP contribution in [0.15, 0.2) is 54.3 Å². The predicted octanol–water partition coefficient (Wildman–Crippen LogP) is 4.86. The maximum absolute atomic E-state index is 13.1. The van der Waals surface area contributed by atoms with E-state index in [1.807, 2.05) is 0 Å². The number of esters is 1. The van der Waals surface area contributed by atoms with Gasteiger partial charge in [-0.25, -0.2) is 4.79 Å². The average Bonchev–Trinajstić information content (AvgIpc) is 3.18. The SMILES string of the molecule is COc1ccc(OC)c(/C=C2\Oc3cc(OC(=O)c4c(OC)cccc4OC)cc(C)c3C2=O)c1. The molecule has 1 aliphatic rings. The van der Waals surface area contributed by atoms with Crippen molar-refractivity contribution in [2.75, 3.05) is 28.4 Å². The van der Waals surface area contributed by atoms with E-state index >= 15 is 0 Å². The molecule has 0 aromatic heterocycles. The summed E-state index contributed by atoms with van der Waals surface area (Å²) in [5.41, 5.74) is 1.77. The molecule has 0 amide bonds. The molecule has 180 valence electrons. The van der Waals surface area contributed by atoms with Crippen molar-refractivity contribution in [1.82, 2.24) is 0 Å². The second-order valence-electron chi connectivity index (χ2n) is 7.59. The fraction of sp³-hybridized carbons (Fsp3) is 0.185. The lowest BCUT2D eigenvalue weighted by Crippen LogP contribution is -2.12. The van der Waals surface area contributed by atoms with Gasteiger partial charge in [-0.2, -0.15) is 0 Å². The number of ether oxygens (including phenoxy) is 6. The van der Waals surface area contributed by atoms with E-state index in [1.165, 1.54) is 27.4 Å².